The lowest BCUT2D eigenvalue weighted by Crippen LogP contribution is -2.12. The van der Waals surface area contributed by atoms with Gasteiger partial charge in [-0.05, 0) is 23.3 Å². The molecule has 2 aromatic rings. The highest BCUT2D eigenvalue weighted by molar-refractivity contribution is 9.10. The second kappa shape index (κ2) is 4.75. The van der Waals surface area contributed by atoms with E-state index in [4.69, 9.17) is 10.5 Å². The van der Waals surface area contributed by atoms with Crippen molar-refractivity contribution in [1.82, 2.24) is 0 Å². The molecule has 0 saturated carbocycles. The van der Waals surface area contributed by atoms with E-state index in [9.17, 15) is 0 Å². The maximum atomic E-state index is 6.34. The molecule has 3 rings (SSSR count). The zero-order valence-electron chi connectivity index (χ0n) is 9.90. The highest BCUT2D eigenvalue weighted by atomic mass is 79.9. The monoisotopic (exact) mass is 303 g/mol. The average molecular weight is 304 g/mol. The number of hydrogen-bond donors (Lipinski definition) is 1. The topological polar surface area (TPSA) is 35.2 Å². The molecule has 18 heavy (non-hydrogen) atoms. The molecule has 0 radical (unpaired) electrons. The van der Waals surface area contributed by atoms with Crippen LogP contribution in [0.3, 0.4) is 0 Å². The minimum atomic E-state index is -0.133. The smallest absolute Gasteiger partial charge is 0.127 e. The molecular formula is C15H14BrNO. The highest BCUT2D eigenvalue weighted by Crippen LogP contribution is 2.35. The van der Waals surface area contributed by atoms with E-state index in [1.807, 2.05) is 24.3 Å². The molecule has 0 bridgehead atoms. The van der Waals surface area contributed by atoms with Gasteiger partial charge < -0.3 is 10.5 Å². The molecule has 92 valence electrons. The number of fused-ring (bicyclic) bond motifs is 1. The van der Waals surface area contributed by atoms with Gasteiger partial charge in [0.1, 0.15) is 5.75 Å². The summed E-state index contributed by atoms with van der Waals surface area (Å²) < 4.78 is 6.77. The zero-order valence-corrected chi connectivity index (χ0v) is 11.5. The standard InChI is InChI=1S/C15H14BrNO/c16-12-6-4-10(5-7-12)14(17)13-3-1-2-11-8-9-18-15(11)13/h1-7,14H,8-9,17H2. The van der Waals surface area contributed by atoms with Gasteiger partial charge in [-0.15, -0.1) is 0 Å². The van der Waals surface area contributed by atoms with Crippen molar-refractivity contribution >= 4 is 15.9 Å². The van der Waals surface area contributed by atoms with Crippen LogP contribution in [0, 0.1) is 0 Å². The molecule has 0 aliphatic carbocycles. The van der Waals surface area contributed by atoms with Gasteiger partial charge in [-0.25, -0.2) is 0 Å². The molecule has 0 aromatic heterocycles. The van der Waals surface area contributed by atoms with Crippen LogP contribution >= 0.6 is 15.9 Å². The van der Waals surface area contributed by atoms with Crippen molar-refractivity contribution in [2.24, 2.45) is 5.73 Å². The van der Waals surface area contributed by atoms with Crippen LogP contribution in [-0.4, -0.2) is 6.61 Å². The van der Waals surface area contributed by atoms with Gasteiger partial charge in [0.05, 0.1) is 12.6 Å². The molecule has 2 nitrogen and oxygen atoms in total. The normalized spacial score (nSPS) is 15.0. The Morgan fingerprint density at radius 3 is 2.67 bits per heavy atom. The Morgan fingerprint density at radius 1 is 1.11 bits per heavy atom. The van der Waals surface area contributed by atoms with Gasteiger partial charge in [-0.1, -0.05) is 46.3 Å². The van der Waals surface area contributed by atoms with Gasteiger partial charge in [0.2, 0.25) is 0 Å². The third kappa shape index (κ3) is 2.04. The lowest BCUT2D eigenvalue weighted by atomic mass is 9.97. The van der Waals surface area contributed by atoms with Gasteiger partial charge >= 0.3 is 0 Å². The number of para-hydroxylation sites is 1. The largest absolute Gasteiger partial charge is 0.493 e. The van der Waals surface area contributed by atoms with Crippen LogP contribution in [0.5, 0.6) is 5.75 Å². The molecule has 0 fully saturated rings. The fraction of sp³-hybridized carbons (Fsp3) is 0.200. The average Bonchev–Trinajstić information content (AvgIpc) is 2.87. The van der Waals surface area contributed by atoms with E-state index in [1.165, 1.54) is 5.56 Å². The number of ether oxygens (including phenoxy) is 1. The first-order chi connectivity index (χ1) is 8.75. The zero-order chi connectivity index (χ0) is 12.5. The quantitative estimate of drug-likeness (QED) is 0.922. The molecule has 1 unspecified atom stereocenters. The van der Waals surface area contributed by atoms with Crippen molar-refractivity contribution < 1.29 is 4.74 Å². The van der Waals surface area contributed by atoms with E-state index in [2.05, 4.69) is 34.1 Å². The van der Waals surface area contributed by atoms with E-state index in [0.29, 0.717) is 0 Å². The summed E-state index contributed by atoms with van der Waals surface area (Å²) in [5.74, 6) is 0.980. The van der Waals surface area contributed by atoms with E-state index < -0.39 is 0 Å². The summed E-state index contributed by atoms with van der Waals surface area (Å²) in [6, 6.07) is 14.2. The van der Waals surface area contributed by atoms with Crippen molar-refractivity contribution in [3.8, 4) is 5.75 Å². The van der Waals surface area contributed by atoms with Crippen molar-refractivity contribution in [2.45, 2.75) is 12.5 Å². The van der Waals surface area contributed by atoms with E-state index in [0.717, 1.165) is 34.4 Å². The SMILES string of the molecule is NC(c1ccc(Br)cc1)c1cccc2c1OCC2. The van der Waals surface area contributed by atoms with Crippen LogP contribution in [0.2, 0.25) is 0 Å². The summed E-state index contributed by atoms with van der Waals surface area (Å²) in [5.41, 5.74) is 9.78. The predicted molar refractivity (Wildman–Crippen MR) is 75.8 cm³/mol. The van der Waals surface area contributed by atoms with Crippen molar-refractivity contribution in [3.05, 3.63) is 63.6 Å². The number of rotatable bonds is 2. The van der Waals surface area contributed by atoms with Gasteiger partial charge in [0.25, 0.3) is 0 Å². The molecule has 1 heterocycles. The first-order valence-electron chi connectivity index (χ1n) is 6.01. The first-order valence-corrected chi connectivity index (χ1v) is 6.80. The van der Waals surface area contributed by atoms with Crippen LogP contribution in [0.1, 0.15) is 22.7 Å². The number of halogens is 1. The van der Waals surface area contributed by atoms with Crippen LogP contribution in [0.15, 0.2) is 46.9 Å². The number of nitrogens with two attached hydrogens (primary N) is 1. The summed E-state index contributed by atoms with van der Waals surface area (Å²) in [4.78, 5) is 0. The van der Waals surface area contributed by atoms with Crippen molar-refractivity contribution in [1.29, 1.82) is 0 Å². The van der Waals surface area contributed by atoms with Gasteiger partial charge in [0, 0.05) is 16.5 Å². The maximum absolute atomic E-state index is 6.34. The third-order valence-electron chi connectivity index (χ3n) is 3.31. The molecular weight excluding hydrogens is 290 g/mol. The maximum Gasteiger partial charge on any atom is 0.127 e. The Labute approximate surface area is 115 Å². The molecule has 2 N–H and O–H groups in total. The van der Waals surface area contributed by atoms with E-state index >= 15 is 0 Å². The second-order valence-electron chi connectivity index (χ2n) is 4.46. The lowest BCUT2D eigenvalue weighted by molar-refractivity contribution is 0.352. The summed E-state index contributed by atoms with van der Waals surface area (Å²) in [6.07, 6.45) is 0.982. The van der Waals surface area contributed by atoms with Crippen molar-refractivity contribution in [2.75, 3.05) is 6.61 Å². The van der Waals surface area contributed by atoms with Crippen LogP contribution in [-0.2, 0) is 6.42 Å². The molecule has 0 amide bonds. The Morgan fingerprint density at radius 2 is 1.89 bits per heavy atom. The number of hydrogen-bond acceptors (Lipinski definition) is 2. The van der Waals surface area contributed by atoms with Gasteiger partial charge in [-0.3, -0.25) is 0 Å². The molecule has 0 spiro atoms. The Balaban J connectivity index is 2.00. The predicted octanol–water partition coefficient (Wildman–Crippen LogP) is 3.43. The molecule has 3 heteroatoms. The highest BCUT2D eigenvalue weighted by Gasteiger charge is 2.20. The summed E-state index contributed by atoms with van der Waals surface area (Å²) >= 11 is 3.44. The Bertz CT molecular complexity index is 565. The minimum absolute atomic E-state index is 0.133. The van der Waals surface area contributed by atoms with Crippen LogP contribution in [0.4, 0.5) is 0 Å². The summed E-state index contributed by atoms with van der Waals surface area (Å²) in [6.45, 7) is 0.763. The fourth-order valence-electron chi connectivity index (χ4n) is 2.34. The minimum Gasteiger partial charge on any atom is -0.493 e. The van der Waals surface area contributed by atoms with Gasteiger partial charge in [0.15, 0.2) is 0 Å². The summed E-state index contributed by atoms with van der Waals surface area (Å²) in [5, 5.41) is 0. The fourth-order valence-corrected chi connectivity index (χ4v) is 2.60. The molecule has 1 aliphatic heterocycles. The Hall–Kier alpha value is -1.32. The lowest BCUT2D eigenvalue weighted by Gasteiger charge is -2.16. The molecule has 1 aliphatic rings. The van der Waals surface area contributed by atoms with Gasteiger partial charge in [-0.2, -0.15) is 0 Å². The molecule has 1 atom stereocenters. The third-order valence-corrected chi connectivity index (χ3v) is 3.84. The van der Waals surface area contributed by atoms with E-state index in [1.54, 1.807) is 0 Å². The first kappa shape index (κ1) is 11.8. The van der Waals surface area contributed by atoms with E-state index in [-0.39, 0.29) is 6.04 Å². The second-order valence-corrected chi connectivity index (χ2v) is 5.38. The summed E-state index contributed by atoms with van der Waals surface area (Å²) in [7, 11) is 0. The Kier molecular flexibility index (Phi) is 3.10. The molecule has 0 saturated heterocycles. The van der Waals surface area contributed by atoms with Crippen LogP contribution < -0.4 is 10.5 Å². The molecule has 2 aromatic carbocycles. The van der Waals surface area contributed by atoms with Crippen molar-refractivity contribution in [3.63, 3.8) is 0 Å². The van der Waals surface area contributed by atoms with Crippen LogP contribution in [0.25, 0.3) is 0 Å². The number of benzene rings is 2.